The molecule has 2 aliphatic heterocycles. The van der Waals surface area contributed by atoms with Crippen LogP contribution in [0.25, 0.3) is 0 Å². The Balaban J connectivity index is 1.69. The van der Waals surface area contributed by atoms with E-state index >= 15 is 0 Å². The molecule has 1 fully saturated rings. The predicted molar refractivity (Wildman–Crippen MR) is 95.0 cm³/mol. The lowest BCUT2D eigenvalue weighted by Crippen LogP contribution is -2.35. The molecule has 1 aromatic carbocycles. The highest BCUT2D eigenvalue weighted by Crippen LogP contribution is 2.22. The fourth-order valence-electron chi connectivity index (χ4n) is 2.83. The summed E-state index contributed by atoms with van der Waals surface area (Å²) in [6.45, 7) is 4.69. The van der Waals surface area contributed by atoms with E-state index in [-0.39, 0.29) is 5.91 Å². The Morgan fingerprint density at radius 3 is 2.92 bits per heavy atom. The summed E-state index contributed by atoms with van der Waals surface area (Å²) in [6.07, 6.45) is 1.88. The highest BCUT2D eigenvalue weighted by atomic mass is 16.5. The minimum absolute atomic E-state index is 0.247. The van der Waals surface area contributed by atoms with Gasteiger partial charge in [0.15, 0.2) is 0 Å². The number of morpholine rings is 1. The highest BCUT2D eigenvalue weighted by molar-refractivity contribution is 6.49. The van der Waals surface area contributed by atoms with Crippen molar-refractivity contribution in [3.8, 4) is 0 Å². The van der Waals surface area contributed by atoms with E-state index in [9.17, 15) is 4.79 Å². The first-order valence-corrected chi connectivity index (χ1v) is 8.10. The molecule has 24 heavy (non-hydrogen) atoms. The van der Waals surface area contributed by atoms with Crippen molar-refractivity contribution in [2.75, 3.05) is 50.9 Å². The molecule has 0 unspecified atom stereocenters. The van der Waals surface area contributed by atoms with E-state index in [1.807, 2.05) is 24.3 Å². The third-order valence-electron chi connectivity index (χ3n) is 4.16. The van der Waals surface area contributed by atoms with Crippen LogP contribution in [0.1, 0.15) is 5.56 Å². The van der Waals surface area contributed by atoms with E-state index in [4.69, 9.17) is 10.5 Å². The number of anilines is 2. The SMILES string of the molecule is CNC1=CCN=C1C(=O)Nc1cc(CN2CCOCC2)ccc1N. The number of nitrogens with two attached hydrogens (primary N) is 1. The van der Waals surface area contributed by atoms with Gasteiger partial charge in [0.05, 0.1) is 36.8 Å². The van der Waals surface area contributed by atoms with E-state index in [0.29, 0.717) is 23.6 Å². The summed E-state index contributed by atoms with van der Waals surface area (Å²) in [5, 5.41) is 5.86. The van der Waals surface area contributed by atoms with E-state index < -0.39 is 0 Å². The van der Waals surface area contributed by atoms with Gasteiger partial charge in [-0.15, -0.1) is 0 Å². The summed E-state index contributed by atoms with van der Waals surface area (Å²) in [6, 6.07) is 5.75. The van der Waals surface area contributed by atoms with Gasteiger partial charge in [-0.2, -0.15) is 0 Å². The monoisotopic (exact) mass is 329 g/mol. The van der Waals surface area contributed by atoms with Crippen LogP contribution in [0, 0.1) is 0 Å². The van der Waals surface area contributed by atoms with Crippen molar-refractivity contribution in [2.45, 2.75) is 6.54 Å². The first kappa shape index (κ1) is 16.5. The molecule has 0 radical (unpaired) electrons. The first-order valence-electron chi connectivity index (χ1n) is 8.10. The van der Waals surface area contributed by atoms with Crippen LogP contribution >= 0.6 is 0 Å². The van der Waals surface area contributed by atoms with Crippen molar-refractivity contribution < 1.29 is 9.53 Å². The van der Waals surface area contributed by atoms with Crippen LogP contribution in [-0.2, 0) is 16.1 Å². The van der Waals surface area contributed by atoms with Crippen LogP contribution in [-0.4, -0.2) is 56.4 Å². The number of carbonyl (C=O) groups is 1. The Morgan fingerprint density at radius 1 is 1.38 bits per heavy atom. The zero-order valence-electron chi connectivity index (χ0n) is 13.8. The smallest absolute Gasteiger partial charge is 0.276 e. The highest BCUT2D eigenvalue weighted by Gasteiger charge is 2.20. The molecule has 3 rings (SSSR count). The Morgan fingerprint density at radius 2 is 2.17 bits per heavy atom. The van der Waals surface area contributed by atoms with Gasteiger partial charge in [-0.05, 0) is 23.8 Å². The molecule has 0 spiro atoms. The molecule has 7 heteroatoms. The van der Waals surface area contributed by atoms with Gasteiger partial charge in [-0.1, -0.05) is 6.07 Å². The third kappa shape index (κ3) is 3.74. The van der Waals surface area contributed by atoms with Crippen molar-refractivity contribution in [3.63, 3.8) is 0 Å². The number of rotatable bonds is 5. The standard InChI is InChI=1S/C17H23N5O2/c1-19-14-4-5-20-16(14)17(23)21-15-10-12(2-3-13(15)18)11-22-6-8-24-9-7-22/h2-4,10,19H,5-9,11,18H2,1H3,(H,21,23). The van der Waals surface area contributed by atoms with Crippen LogP contribution in [0.2, 0.25) is 0 Å². The van der Waals surface area contributed by atoms with E-state index in [1.54, 1.807) is 7.05 Å². The molecule has 0 bridgehead atoms. The molecule has 4 N–H and O–H groups in total. The quantitative estimate of drug-likeness (QED) is 0.688. The van der Waals surface area contributed by atoms with Gasteiger partial charge in [-0.25, -0.2) is 0 Å². The minimum atomic E-state index is -0.247. The average Bonchev–Trinajstić information content (AvgIpc) is 3.07. The van der Waals surface area contributed by atoms with Crippen molar-refractivity contribution in [1.29, 1.82) is 0 Å². The van der Waals surface area contributed by atoms with Crippen LogP contribution in [0.3, 0.4) is 0 Å². The first-order chi connectivity index (χ1) is 11.7. The van der Waals surface area contributed by atoms with E-state index in [2.05, 4.69) is 20.5 Å². The molecule has 0 aromatic heterocycles. The number of hydrogen-bond donors (Lipinski definition) is 3. The summed E-state index contributed by atoms with van der Waals surface area (Å²) in [5.74, 6) is -0.247. The Hall–Kier alpha value is -2.38. The van der Waals surface area contributed by atoms with Gasteiger partial charge in [0, 0.05) is 26.7 Å². The summed E-state index contributed by atoms with van der Waals surface area (Å²) in [5.41, 5.74) is 9.45. The molecule has 1 saturated heterocycles. The zero-order chi connectivity index (χ0) is 16.9. The molecule has 1 aromatic rings. The number of hydrogen-bond acceptors (Lipinski definition) is 6. The molecule has 1 amide bonds. The van der Waals surface area contributed by atoms with Gasteiger partial charge >= 0.3 is 0 Å². The van der Waals surface area contributed by atoms with Crippen molar-refractivity contribution in [3.05, 3.63) is 35.5 Å². The third-order valence-corrected chi connectivity index (χ3v) is 4.16. The molecule has 128 valence electrons. The second-order valence-corrected chi connectivity index (χ2v) is 5.82. The lowest BCUT2D eigenvalue weighted by Gasteiger charge is -2.26. The van der Waals surface area contributed by atoms with E-state index in [0.717, 1.165) is 44.1 Å². The molecule has 0 atom stereocenters. The topological polar surface area (TPSA) is 92.0 Å². The second-order valence-electron chi connectivity index (χ2n) is 5.82. The van der Waals surface area contributed by atoms with Crippen molar-refractivity contribution in [2.24, 2.45) is 4.99 Å². The van der Waals surface area contributed by atoms with Gasteiger partial charge in [-0.3, -0.25) is 14.7 Å². The zero-order valence-corrected chi connectivity index (χ0v) is 13.8. The van der Waals surface area contributed by atoms with Crippen molar-refractivity contribution >= 4 is 23.0 Å². The number of benzene rings is 1. The summed E-state index contributed by atoms with van der Waals surface area (Å²) < 4.78 is 5.37. The van der Waals surface area contributed by atoms with Gasteiger partial charge < -0.3 is 21.1 Å². The maximum absolute atomic E-state index is 12.4. The lowest BCUT2D eigenvalue weighted by atomic mass is 10.1. The number of nitrogens with one attached hydrogen (secondary N) is 2. The van der Waals surface area contributed by atoms with Gasteiger partial charge in [0.1, 0.15) is 5.71 Å². The number of nitrogens with zero attached hydrogens (tertiary/aromatic N) is 2. The van der Waals surface area contributed by atoms with Crippen LogP contribution < -0.4 is 16.4 Å². The Bertz CT molecular complexity index is 678. The summed E-state index contributed by atoms with van der Waals surface area (Å²) >= 11 is 0. The molecule has 2 aliphatic rings. The van der Waals surface area contributed by atoms with Gasteiger partial charge in [0.25, 0.3) is 5.91 Å². The second kappa shape index (κ2) is 7.46. The fraction of sp³-hybridized carbons (Fsp3) is 0.412. The number of aliphatic imine (C=N–C) groups is 1. The molecule has 0 aliphatic carbocycles. The van der Waals surface area contributed by atoms with Crippen LogP contribution in [0.5, 0.6) is 0 Å². The lowest BCUT2D eigenvalue weighted by molar-refractivity contribution is -0.110. The Labute approximate surface area is 141 Å². The largest absolute Gasteiger partial charge is 0.397 e. The average molecular weight is 329 g/mol. The minimum Gasteiger partial charge on any atom is -0.397 e. The predicted octanol–water partition coefficient (Wildman–Crippen LogP) is 0.597. The van der Waals surface area contributed by atoms with Crippen LogP contribution in [0.4, 0.5) is 11.4 Å². The molecule has 7 nitrogen and oxygen atoms in total. The van der Waals surface area contributed by atoms with Gasteiger partial charge in [0.2, 0.25) is 0 Å². The van der Waals surface area contributed by atoms with Crippen molar-refractivity contribution in [1.82, 2.24) is 10.2 Å². The number of carbonyl (C=O) groups excluding carboxylic acids is 1. The molecule has 0 saturated carbocycles. The molecule has 2 heterocycles. The number of ether oxygens (including phenoxy) is 1. The fourth-order valence-corrected chi connectivity index (χ4v) is 2.83. The van der Waals surface area contributed by atoms with Crippen LogP contribution in [0.15, 0.2) is 35.0 Å². The number of nitrogen functional groups attached to an aromatic ring is 1. The maximum atomic E-state index is 12.4. The molecular weight excluding hydrogens is 306 g/mol. The normalized spacial score (nSPS) is 18.0. The molecular formula is C17H23N5O2. The number of amides is 1. The summed E-state index contributed by atoms with van der Waals surface area (Å²) in [4.78, 5) is 19.0. The maximum Gasteiger partial charge on any atom is 0.276 e. The Kier molecular flexibility index (Phi) is 5.12. The summed E-state index contributed by atoms with van der Waals surface area (Å²) in [7, 11) is 1.78. The van der Waals surface area contributed by atoms with E-state index in [1.165, 1.54) is 0 Å².